The average molecular weight is 249 g/mol. The summed E-state index contributed by atoms with van der Waals surface area (Å²) in [7, 11) is 3.58. The van der Waals surface area contributed by atoms with Crippen LogP contribution in [0.25, 0.3) is 0 Å². The van der Waals surface area contributed by atoms with Gasteiger partial charge < -0.3 is 10.4 Å². The lowest BCUT2D eigenvalue weighted by Crippen LogP contribution is -2.35. The molecule has 1 aliphatic rings. The first-order valence-electron chi connectivity index (χ1n) is 6.10. The standard InChI is InChI=1S/C13H19N3O2/c1-14-9-12(17)10-3-5-11(6-4-10)16-8-7-13(18)15(16)2/h3-6,12,14,17H,7-9H2,1-2H3. The van der Waals surface area contributed by atoms with Gasteiger partial charge in [0.05, 0.1) is 11.8 Å². The molecule has 98 valence electrons. The van der Waals surface area contributed by atoms with Crippen molar-refractivity contribution in [1.82, 2.24) is 10.3 Å². The second-order valence-corrected chi connectivity index (χ2v) is 4.46. The molecule has 1 atom stereocenters. The van der Waals surface area contributed by atoms with Gasteiger partial charge >= 0.3 is 0 Å². The number of aliphatic hydroxyl groups is 1. The van der Waals surface area contributed by atoms with E-state index in [0.29, 0.717) is 19.5 Å². The van der Waals surface area contributed by atoms with Gasteiger partial charge in [-0.2, -0.15) is 0 Å². The molecular weight excluding hydrogens is 230 g/mol. The van der Waals surface area contributed by atoms with E-state index in [2.05, 4.69) is 5.32 Å². The Balaban J connectivity index is 2.10. The van der Waals surface area contributed by atoms with Crippen LogP contribution in [0, 0.1) is 0 Å². The molecule has 1 saturated heterocycles. The van der Waals surface area contributed by atoms with Crippen LogP contribution < -0.4 is 10.3 Å². The van der Waals surface area contributed by atoms with Crippen LogP contribution in [0.5, 0.6) is 0 Å². The summed E-state index contributed by atoms with van der Waals surface area (Å²) >= 11 is 0. The maximum absolute atomic E-state index is 11.5. The normalized spacial score (nSPS) is 17.4. The number of hydrogen-bond acceptors (Lipinski definition) is 4. The van der Waals surface area contributed by atoms with E-state index in [4.69, 9.17) is 0 Å². The third kappa shape index (κ3) is 2.47. The lowest BCUT2D eigenvalue weighted by molar-refractivity contribution is -0.126. The van der Waals surface area contributed by atoms with E-state index in [1.807, 2.05) is 36.3 Å². The number of nitrogens with one attached hydrogen (secondary N) is 1. The second kappa shape index (κ2) is 5.37. The zero-order valence-electron chi connectivity index (χ0n) is 10.8. The average Bonchev–Trinajstić information content (AvgIpc) is 2.71. The Morgan fingerprint density at radius 1 is 1.39 bits per heavy atom. The number of hydrazine groups is 1. The third-order valence-corrected chi connectivity index (χ3v) is 3.23. The molecule has 2 rings (SSSR count). The van der Waals surface area contributed by atoms with Crippen molar-refractivity contribution in [2.45, 2.75) is 12.5 Å². The molecule has 0 spiro atoms. The van der Waals surface area contributed by atoms with E-state index in [9.17, 15) is 9.90 Å². The summed E-state index contributed by atoms with van der Waals surface area (Å²) in [5, 5.41) is 16.3. The summed E-state index contributed by atoms with van der Waals surface area (Å²) in [6.07, 6.45) is 0.0580. The smallest absolute Gasteiger partial charge is 0.242 e. The summed E-state index contributed by atoms with van der Waals surface area (Å²) < 4.78 is 0. The maximum atomic E-state index is 11.5. The minimum atomic E-state index is -0.498. The molecule has 5 nitrogen and oxygen atoms in total. The SMILES string of the molecule is CNCC(O)c1ccc(N2CCC(=O)N2C)cc1. The molecule has 1 amide bonds. The minimum Gasteiger partial charge on any atom is -0.387 e. The Labute approximate surface area is 107 Å². The third-order valence-electron chi connectivity index (χ3n) is 3.23. The number of carbonyl (C=O) groups is 1. The highest BCUT2D eigenvalue weighted by Crippen LogP contribution is 2.23. The van der Waals surface area contributed by atoms with Crippen LogP contribution in [0.1, 0.15) is 18.1 Å². The number of benzene rings is 1. The molecule has 1 aliphatic heterocycles. The molecule has 0 aromatic heterocycles. The lowest BCUT2D eigenvalue weighted by atomic mass is 10.1. The fraction of sp³-hybridized carbons (Fsp3) is 0.462. The first-order valence-corrected chi connectivity index (χ1v) is 6.10. The predicted octanol–water partition coefficient (Wildman–Crippen LogP) is 0.523. The van der Waals surface area contributed by atoms with Crippen LogP contribution in [0.3, 0.4) is 0 Å². The zero-order valence-corrected chi connectivity index (χ0v) is 10.8. The predicted molar refractivity (Wildman–Crippen MR) is 70.1 cm³/mol. The van der Waals surface area contributed by atoms with Gasteiger partial charge in [-0.25, -0.2) is 0 Å². The summed E-state index contributed by atoms with van der Waals surface area (Å²) in [6.45, 7) is 1.25. The van der Waals surface area contributed by atoms with Crippen molar-refractivity contribution in [1.29, 1.82) is 0 Å². The summed E-state index contributed by atoms with van der Waals surface area (Å²) in [5.41, 5.74) is 1.85. The van der Waals surface area contributed by atoms with Crippen molar-refractivity contribution in [2.75, 3.05) is 32.2 Å². The Morgan fingerprint density at radius 3 is 2.56 bits per heavy atom. The highest BCUT2D eigenvalue weighted by atomic mass is 16.3. The van der Waals surface area contributed by atoms with Crippen molar-refractivity contribution >= 4 is 11.6 Å². The fourth-order valence-corrected chi connectivity index (χ4v) is 2.13. The Hall–Kier alpha value is -1.59. The second-order valence-electron chi connectivity index (χ2n) is 4.46. The minimum absolute atomic E-state index is 0.134. The van der Waals surface area contributed by atoms with Crippen LogP contribution in [-0.2, 0) is 4.79 Å². The first-order chi connectivity index (χ1) is 8.63. The molecule has 5 heteroatoms. The summed E-state index contributed by atoms with van der Waals surface area (Å²) in [4.78, 5) is 11.5. The van der Waals surface area contributed by atoms with Gasteiger partial charge in [0.15, 0.2) is 0 Å². The number of amides is 1. The van der Waals surface area contributed by atoms with Crippen molar-refractivity contribution in [3.8, 4) is 0 Å². The number of nitrogens with zero attached hydrogens (tertiary/aromatic N) is 2. The van der Waals surface area contributed by atoms with E-state index in [0.717, 1.165) is 11.3 Å². The first kappa shape index (κ1) is 12.9. The molecule has 1 aromatic carbocycles. The topological polar surface area (TPSA) is 55.8 Å². The van der Waals surface area contributed by atoms with Gasteiger partial charge in [-0.1, -0.05) is 12.1 Å². The van der Waals surface area contributed by atoms with Gasteiger partial charge in [0.2, 0.25) is 5.91 Å². The van der Waals surface area contributed by atoms with E-state index in [1.54, 1.807) is 12.1 Å². The molecule has 1 aromatic rings. The Kier molecular flexibility index (Phi) is 3.84. The summed E-state index contributed by atoms with van der Waals surface area (Å²) in [5.74, 6) is 0.134. The van der Waals surface area contributed by atoms with Crippen molar-refractivity contribution in [3.63, 3.8) is 0 Å². The number of carbonyl (C=O) groups excluding carboxylic acids is 1. The molecule has 0 bridgehead atoms. The molecule has 18 heavy (non-hydrogen) atoms. The van der Waals surface area contributed by atoms with Crippen molar-refractivity contribution < 1.29 is 9.90 Å². The lowest BCUT2D eigenvalue weighted by Gasteiger charge is -2.26. The van der Waals surface area contributed by atoms with Gasteiger partial charge in [-0.3, -0.25) is 14.8 Å². The molecular formula is C13H19N3O2. The Morgan fingerprint density at radius 2 is 2.06 bits per heavy atom. The Bertz CT molecular complexity index is 419. The number of likely N-dealkylation sites (N-methyl/N-ethyl adjacent to an activating group) is 1. The van der Waals surface area contributed by atoms with E-state index < -0.39 is 6.10 Å². The van der Waals surface area contributed by atoms with Crippen LogP contribution >= 0.6 is 0 Å². The monoisotopic (exact) mass is 249 g/mol. The zero-order chi connectivity index (χ0) is 13.1. The quantitative estimate of drug-likeness (QED) is 0.817. The highest BCUT2D eigenvalue weighted by Gasteiger charge is 2.25. The van der Waals surface area contributed by atoms with Crippen LogP contribution in [0.2, 0.25) is 0 Å². The number of rotatable bonds is 4. The highest BCUT2D eigenvalue weighted by molar-refractivity contribution is 5.81. The van der Waals surface area contributed by atoms with Crippen LogP contribution in [0.4, 0.5) is 5.69 Å². The van der Waals surface area contributed by atoms with E-state index >= 15 is 0 Å². The van der Waals surface area contributed by atoms with Gasteiger partial charge in [0.25, 0.3) is 0 Å². The summed E-state index contributed by atoms with van der Waals surface area (Å²) in [6, 6.07) is 7.66. The van der Waals surface area contributed by atoms with Crippen molar-refractivity contribution in [3.05, 3.63) is 29.8 Å². The molecule has 1 heterocycles. The fourth-order valence-electron chi connectivity index (χ4n) is 2.13. The van der Waals surface area contributed by atoms with Gasteiger partial charge in [0, 0.05) is 26.6 Å². The number of hydrogen-bond donors (Lipinski definition) is 2. The number of anilines is 1. The van der Waals surface area contributed by atoms with Gasteiger partial charge in [0.1, 0.15) is 0 Å². The molecule has 1 unspecified atom stereocenters. The van der Waals surface area contributed by atoms with Crippen LogP contribution in [-0.4, -0.2) is 43.2 Å². The van der Waals surface area contributed by atoms with Crippen LogP contribution in [0.15, 0.2) is 24.3 Å². The molecule has 0 radical (unpaired) electrons. The molecule has 1 fully saturated rings. The van der Waals surface area contributed by atoms with Gasteiger partial charge in [-0.15, -0.1) is 0 Å². The number of aliphatic hydroxyl groups excluding tert-OH is 1. The van der Waals surface area contributed by atoms with E-state index in [1.165, 1.54) is 0 Å². The van der Waals surface area contributed by atoms with Gasteiger partial charge in [-0.05, 0) is 24.7 Å². The molecule has 2 N–H and O–H groups in total. The molecule has 0 saturated carbocycles. The maximum Gasteiger partial charge on any atom is 0.242 e. The molecule has 0 aliphatic carbocycles. The van der Waals surface area contributed by atoms with E-state index in [-0.39, 0.29) is 5.91 Å². The largest absolute Gasteiger partial charge is 0.387 e. The van der Waals surface area contributed by atoms with Crippen molar-refractivity contribution in [2.24, 2.45) is 0 Å².